The van der Waals surface area contributed by atoms with Gasteiger partial charge in [0.2, 0.25) is 5.91 Å². The summed E-state index contributed by atoms with van der Waals surface area (Å²) >= 11 is 0. The number of carbonyl (C=O) groups excluding carboxylic acids is 2. The summed E-state index contributed by atoms with van der Waals surface area (Å²) in [7, 11) is 0. The van der Waals surface area contributed by atoms with Crippen LogP contribution in [0.5, 0.6) is 0 Å². The highest BCUT2D eigenvalue weighted by molar-refractivity contribution is 5.96. The first-order valence-corrected chi connectivity index (χ1v) is 11.1. The smallest absolute Gasteiger partial charge is 0.251 e. The average molecular weight is 441 g/mol. The molecule has 0 atom stereocenters. The van der Waals surface area contributed by atoms with Crippen molar-refractivity contribution in [3.8, 4) is 0 Å². The van der Waals surface area contributed by atoms with Gasteiger partial charge in [-0.25, -0.2) is 4.98 Å². The van der Waals surface area contributed by atoms with Gasteiger partial charge in [0.1, 0.15) is 12.4 Å². The minimum Gasteiger partial charge on any atom is -0.345 e. The van der Waals surface area contributed by atoms with Crippen LogP contribution in [-0.2, 0) is 17.9 Å². The van der Waals surface area contributed by atoms with Gasteiger partial charge < -0.3 is 14.8 Å². The molecule has 168 valence electrons. The number of rotatable bonds is 7. The summed E-state index contributed by atoms with van der Waals surface area (Å²) in [6, 6.07) is 24.8. The summed E-state index contributed by atoms with van der Waals surface area (Å²) in [5, 5.41) is 2.97. The van der Waals surface area contributed by atoms with Gasteiger partial charge in [0, 0.05) is 17.3 Å². The third-order valence-corrected chi connectivity index (χ3v) is 5.64. The summed E-state index contributed by atoms with van der Waals surface area (Å²) in [5.74, 6) is 0.445. The fraction of sp³-hybridized carbons (Fsp3) is 0.222. The number of benzene rings is 3. The maximum Gasteiger partial charge on any atom is 0.251 e. The Morgan fingerprint density at radius 3 is 2.33 bits per heavy atom. The Morgan fingerprint density at radius 2 is 1.61 bits per heavy atom. The van der Waals surface area contributed by atoms with Crippen LogP contribution in [0.3, 0.4) is 0 Å². The monoisotopic (exact) mass is 440 g/mol. The molecule has 0 saturated carbocycles. The first kappa shape index (κ1) is 22.3. The van der Waals surface area contributed by atoms with E-state index in [1.807, 2.05) is 98.1 Å². The van der Waals surface area contributed by atoms with Crippen molar-refractivity contribution in [3.63, 3.8) is 0 Å². The molecule has 4 rings (SSSR count). The molecule has 0 unspecified atom stereocenters. The summed E-state index contributed by atoms with van der Waals surface area (Å²) in [5.41, 5.74) is 4.06. The molecule has 0 bridgehead atoms. The van der Waals surface area contributed by atoms with Crippen molar-refractivity contribution in [2.75, 3.05) is 4.90 Å². The second-order valence-electron chi connectivity index (χ2n) is 8.29. The molecule has 2 amide bonds. The minimum atomic E-state index is -0.161. The van der Waals surface area contributed by atoms with Gasteiger partial charge in [0.05, 0.1) is 17.6 Å². The molecule has 0 aliphatic rings. The summed E-state index contributed by atoms with van der Waals surface area (Å²) in [6.07, 6.45) is 0. The van der Waals surface area contributed by atoms with Crippen LogP contribution >= 0.6 is 0 Å². The van der Waals surface area contributed by atoms with E-state index in [2.05, 4.69) is 5.32 Å². The molecular weight excluding hydrogens is 412 g/mol. The number of para-hydroxylation sites is 3. The van der Waals surface area contributed by atoms with Crippen molar-refractivity contribution in [2.45, 2.75) is 39.9 Å². The maximum absolute atomic E-state index is 13.4. The highest BCUT2D eigenvalue weighted by atomic mass is 16.2. The fourth-order valence-corrected chi connectivity index (χ4v) is 4.05. The first-order valence-electron chi connectivity index (χ1n) is 11.1. The van der Waals surface area contributed by atoms with Crippen LogP contribution in [0.2, 0.25) is 0 Å². The van der Waals surface area contributed by atoms with Crippen LogP contribution in [0, 0.1) is 6.92 Å². The molecule has 6 heteroatoms. The lowest BCUT2D eigenvalue weighted by Crippen LogP contribution is -2.39. The van der Waals surface area contributed by atoms with Gasteiger partial charge >= 0.3 is 0 Å². The van der Waals surface area contributed by atoms with Crippen LogP contribution in [0.4, 0.5) is 5.69 Å². The first-order chi connectivity index (χ1) is 16.0. The molecule has 0 fully saturated rings. The zero-order chi connectivity index (χ0) is 23.4. The van der Waals surface area contributed by atoms with Crippen LogP contribution in [0.1, 0.15) is 35.6 Å². The predicted molar refractivity (Wildman–Crippen MR) is 131 cm³/mol. The number of imidazole rings is 1. The van der Waals surface area contributed by atoms with Gasteiger partial charge in [-0.05, 0) is 56.7 Å². The van der Waals surface area contributed by atoms with Crippen LogP contribution < -0.4 is 10.2 Å². The second-order valence-corrected chi connectivity index (χ2v) is 8.29. The summed E-state index contributed by atoms with van der Waals surface area (Å²) in [4.78, 5) is 32.7. The standard InChI is InChI=1S/C27H28N4O2/c1-19(2)31(21-12-5-4-6-13-21)26(32)18-30-24-16-10-9-15-23(24)29-25(30)17-28-27(33)22-14-8-7-11-20(22)3/h4-16,19H,17-18H2,1-3H3,(H,28,33). The van der Waals surface area contributed by atoms with E-state index in [1.165, 1.54) is 0 Å². The third-order valence-electron chi connectivity index (χ3n) is 5.64. The lowest BCUT2D eigenvalue weighted by Gasteiger charge is -2.27. The zero-order valence-electron chi connectivity index (χ0n) is 19.2. The number of fused-ring (bicyclic) bond motifs is 1. The Hall–Kier alpha value is -3.93. The number of nitrogens with one attached hydrogen (secondary N) is 1. The zero-order valence-corrected chi connectivity index (χ0v) is 19.2. The number of hydrogen-bond acceptors (Lipinski definition) is 3. The van der Waals surface area contributed by atoms with Gasteiger partial charge in [-0.2, -0.15) is 0 Å². The van der Waals surface area contributed by atoms with Crippen LogP contribution in [0.25, 0.3) is 11.0 Å². The minimum absolute atomic E-state index is 0.00102. The van der Waals surface area contributed by atoms with Crippen molar-refractivity contribution >= 4 is 28.5 Å². The third kappa shape index (κ3) is 4.80. The second kappa shape index (κ2) is 9.69. The molecule has 1 N–H and O–H groups in total. The van der Waals surface area contributed by atoms with E-state index in [0.29, 0.717) is 11.4 Å². The number of amides is 2. The Morgan fingerprint density at radius 1 is 0.939 bits per heavy atom. The molecule has 4 aromatic rings. The van der Waals surface area contributed by atoms with Crippen molar-refractivity contribution in [1.82, 2.24) is 14.9 Å². The molecule has 1 heterocycles. The van der Waals surface area contributed by atoms with E-state index in [1.54, 1.807) is 11.0 Å². The van der Waals surface area contributed by atoms with E-state index < -0.39 is 0 Å². The molecule has 1 aromatic heterocycles. The van der Waals surface area contributed by atoms with Crippen molar-refractivity contribution in [3.05, 3.63) is 95.8 Å². The number of hydrogen-bond donors (Lipinski definition) is 1. The molecule has 0 aliphatic carbocycles. The molecular formula is C27H28N4O2. The number of anilines is 1. The lowest BCUT2D eigenvalue weighted by atomic mass is 10.1. The molecule has 33 heavy (non-hydrogen) atoms. The predicted octanol–water partition coefficient (Wildman–Crippen LogP) is 4.72. The molecule has 0 saturated heterocycles. The lowest BCUT2D eigenvalue weighted by molar-refractivity contribution is -0.119. The van der Waals surface area contributed by atoms with Gasteiger partial charge in [0.15, 0.2) is 0 Å². The van der Waals surface area contributed by atoms with E-state index in [4.69, 9.17) is 4.98 Å². The normalized spacial score (nSPS) is 11.0. The van der Waals surface area contributed by atoms with E-state index in [0.717, 1.165) is 22.3 Å². The number of aromatic nitrogens is 2. The maximum atomic E-state index is 13.4. The van der Waals surface area contributed by atoms with Crippen molar-refractivity contribution < 1.29 is 9.59 Å². The van der Waals surface area contributed by atoms with Gasteiger partial charge in [-0.3, -0.25) is 9.59 Å². The van der Waals surface area contributed by atoms with Crippen molar-refractivity contribution in [2.24, 2.45) is 0 Å². The SMILES string of the molecule is Cc1ccccc1C(=O)NCc1nc2ccccc2n1CC(=O)N(c1ccccc1)C(C)C. The number of nitrogens with zero attached hydrogens (tertiary/aromatic N) is 3. The Balaban J connectivity index is 1.62. The van der Waals surface area contributed by atoms with Crippen molar-refractivity contribution in [1.29, 1.82) is 0 Å². The summed E-state index contributed by atoms with van der Waals surface area (Å²) < 4.78 is 1.90. The molecule has 6 nitrogen and oxygen atoms in total. The van der Waals surface area contributed by atoms with Crippen LogP contribution in [-0.4, -0.2) is 27.4 Å². The Labute approximate surface area is 193 Å². The van der Waals surface area contributed by atoms with Gasteiger partial charge in [-0.1, -0.05) is 48.5 Å². The van der Waals surface area contributed by atoms with Gasteiger partial charge in [0.25, 0.3) is 5.91 Å². The topological polar surface area (TPSA) is 67.2 Å². The Kier molecular flexibility index (Phi) is 6.54. The molecule has 0 spiro atoms. The fourth-order valence-electron chi connectivity index (χ4n) is 4.05. The summed E-state index contributed by atoms with van der Waals surface area (Å²) in [6.45, 7) is 6.26. The quantitative estimate of drug-likeness (QED) is 0.452. The van der Waals surface area contributed by atoms with E-state index >= 15 is 0 Å². The van der Waals surface area contributed by atoms with E-state index in [9.17, 15) is 9.59 Å². The molecule has 0 radical (unpaired) electrons. The average Bonchev–Trinajstić information content (AvgIpc) is 3.15. The van der Waals surface area contributed by atoms with Gasteiger partial charge in [-0.15, -0.1) is 0 Å². The number of carbonyl (C=O) groups is 2. The van der Waals surface area contributed by atoms with E-state index in [-0.39, 0.29) is 30.9 Å². The Bertz CT molecular complexity index is 1280. The highest BCUT2D eigenvalue weighted by Crippen LogP contribution is 2.20. The number of aryl methyl sites for hydroxylation is 1. The molecule has 3 aromatic carbocycles. The largest absolute Gasteiger partial charge is 0.345 e. The van der Waals surface area contributed by atoms with Crippen LogP contribution in [0.15, 0.2) is 78.9 Å². The molecule has 0 aliphatic heterocycles. The highest BCUT2D eigenvalue weighted by Gasteiger charge is 2.22.